The Balaban J connectivity index is 4.25. The first-order valence-electron chi connectivity index (χ1n) is 5.47. The second-order valence-corrected chi connectivity index (χ2v) is 6.26. The fourth-order valence-corrected chi connectivity index (χ4v) is 2.62. The van der Waals surface area contributed by atoms with E-state index in [-0.39, 0.29) is 19.0 Å². The lowest BCUT2D eigenvalue weighted by molar-refractivity contribution is 0.484. The van der Waals surface area contributed by atoms with Crippen LogP contribution in [0.15, 0.2) is 0 Å². The molecule has 0 fully saturated rings. The van der Waals surface area contributed by atoms with Crippen LogP contribution in [0.25, 0.3) is 0 Å². The quantitative estimate of drug-likeness (QED) is 0.688. The first kappa shape index (κ1) is 15.4. The number of sulfonamides is 1. The summed E-state index contributed by atoms with van der Waals surface area (Å²) >= 11 is 0. The first-order chi connectivity index (χ1) is 7.33. The van der Waals surface area contributed by atoms with Crippen LogP contribution < -0.4 is 10.5 Å². The highest BCUT2D eigenvalue weighted by Crippen LogP contribution is 2.05. The van der Waals surface area contributed by atoms with Crippen molar-refractivity contribution in [1.82, 2.24) is 4.72 Å². The molecule has 0 saturated carbocycles. The van der Waals surface area contributed by atoms with Crippen LogP contribution in [0.3, 0.4) is 0 Å². The van der Waals surface area contributed by atoms with Crippen molar-refractivity contribution < 1.29 is 8.42 Å². The molecule has 0 heterocycles. The van der Waals surface area contributed by atoms with Crippen LogP contribution in [0.1, 0.15) is 33.6 Å². The van der Waals surface area contributed by atoms with E-state index in [0.717, 1.165) is 6.42 Å². The van der Waals surface area contributed by atoms with Gasteiger partial charge in [0.2, 0.25) is 10.0 Å². The predicted octanol–water partition coefficient (Wildman–Crippen LogP) is 0.581. The lowest BCUT2D eigenvalue weighted by atomic mass is 10.1. The smallest absolute Gasteiger partial charge is 0.228 e. The second kappa shape index (κ2) is 6.84. The van der Waals surface area contributed by atoms with Crippen LogP contribution in [-0.4, -0.2) is 26.3 Å². The van der Waals surface area contributed by atoms with Crippen LogP contribution in [0.2, 0.25) is 0 Å². The van der Waals surface area contributed by atoms with Gasteiger partial charge in [0.05, 0.1) is 6.07 Å². The van der Waals surface area contributed by atoms with Gasteiger partial charge in [-0.3, -0.25) is 0 Å². The van der Waals surface area contributed by atoms with E-state index >= 15 is 0 Å². The average Bonchev–Trinajstić information content (AvgIpc) is 2.15. The van der Waals surface area contributed by atoms with Crippen molar-refractivity contribution in [2.24, 2.45) is 11.7 Å². The summed E-state index contributed by atoms with van der Waals surface area (Å²) in [5.41, 5.74) is 5.76. The van der Waals surface area contributed by atoms with Crippen molar-refractivity contribution in [1.29, 1.82) is 5.26 Å². The molecule has 6 heteroatoms. The maximum absolute atomic E-state index is 11.6. The van der Waals surface area contributed by atoms with Crippen molar-refractivity contribution in [2.45, 2.75) is 44.9 Å². The summed E-state index contributed by atoms with van der Waals surface area (Å²) in [6, 6.07) is 1.56. The topological polar surface area (TPSA) is 96.0 Å². The Kier molecular flexibility index (Phi) is 6.56. The normalized spacial score (nSPS) is 15.8. The minimum absolute atomic E-state index is 0.193. The molecule has 0 aromatic rings. The van der Waals surface area contributed by atoms with Crippen LogP contribution in [0, 0.1) is 17.2 Å². The Morgan fingerprint density at radius 2 is 2.00 bits per heavy atom. The van der Waals surface area contributed by atoms with Crippen LogP contribution >= 0.6 is 0 Å². The standard InChI is InChI=1S/C10H21N3O2S/c1-4-10(6-11)16(14,15)13-7-9(12)5-8(2)3/h8-10,13H,4-5,7,12H2,1-3H3. The second-order valence-electron chi connectivity index (χ2n) is 4.31. The summed E-state index contributed by atoms with van der Waals surface area (Å²) in [5.74, 6) is 0.428. The minimum Gasteiger partial charge on any atom is -0.327 e. The number of hydrogen-bond donors (Lipinski definition) is 2. The molecule has 0 aromatic carbocycles. The van der Waals surface area contributed by atoms with E-state index < -0.39 is 15.3 Å². The monoisotopic (exact) mass is 247 g/mol. The third-order valence-electron chi connectivity index (χ3n) is 2.21. The molecule has 3 N–H and O–H groups in total. The summed E-state index contributed by atoms with van der Waals surface area (Å²) in [7, 11) is -3.54. The van der Waals surface area contributed by atoms with Gasteiger partial charge in [-0.1, -0.05) is 20.8 Å². The van der Waals surface area contributed by atoms with Crippen molar-refractivity contribution in [3.63, 3.8) is 0 Å². The molecule has 0 aromatic heterocycles. The van der Waals surface area contributed by atoms with E-state index in [0.29, 0.717) is 5.92 Å². The first-order valence-corrected chi connectivity index (χ1v) is 7.01. The van der Waals surface area contributed by atoms with Gasteiger partial charge in [-0.05, 0) is 18.8 Å². The van der Waals surface area contributed by atoms with Gasteiger partial charge in [0, 0.05) is 12.6 Å². The Hall–Kier alpha value is -0.640. The summed E-state index contributed by atoms with van der Waals surface area (Å²) < 4.78 is 25.6. The number of nitrogens with zero attached hydrogens (tertiary/aromatic N) is 1. The van der Waals surface area contributed by atoms with Crippen LogP contribution in [0.4, 0.5) is 0 Å². The third-order valence-corrected chi connectivity index (χ3v) is 3.97. The Bertz CT molecular complexity index is 332. The van der Waals surface area contributed by atoms with Crippen molar-refractivity contribution >= 4 is 10.0 Å². The van der Waals surface area contributed by atoms with E-state index in [2.05, 4.69) is 4.72 Å². The van der Waals surface area contributed by atoms with Gasteiger partial charge in [0.25, 0.3) is 0 Å². The minimum atomic E-state index is -3.54. The Morgan fingerprint density at radius 3 is 2.38 bits per heavy atom. The van der Waals surface area contributed by atoms with Crippen molar-refractivity contribution in [2.75, 3.05) is 6.54 Å². The van der Waals surface area contributed by atoms with Gasteiger partial charge in [-0.15, -0.1) is 0 Å². The van der Waals surface area contributed by atoms with Crippen LogP contribution in [-0.2, 0) is 10.0 Å². The molecule has 0 saturated heterocycles. The molecule has 0 aliphatic heterocycles. The van der Waals surface area contributed by atoms with E-state index in [1.54, 1.807) is 13.0 Å². The van der Waals surface area contributed by atoms with Gasteiger partial charge in [-0.25, -0.2) is 13.1 Å². The van der Waals surface area contributed by atoms with Crippen molar-refractivity contribution in [3.8, 4) is 6.07 Å². The van der Waals surface area contributed by atoms with E-state index in [1.165, 1.54) is 0 Å². The summed E-state index contributed by atoms with van der Waals surface area (Å²) in [6.45, 7) is 5.91. The van der Waals surface area contributed by atoms with Crippen molar-refractivity contribution in [3.05, 3.63) is 0 Å². The number of nitriles is 1. The highest BCUT2D eigenvalue weighted by atomic mass is 32.2. The molecule has 2 unspecified atom stereocenters. The molecule has 0 bridgehead atoms. The molecule has 2 atom stereocenters. The zero-order chi connectivity index (χ0) is 12.8. The molecule has 0 amide bonds. The summed E-state index contributed by atoms with van der Waals surface area (Å²) in [6.07, 6.45) is 1.04. The summed E-state index contributed by atoms with van der Waals surface area (Å²) in [4.78, 5) is 0. The molecule has 0 spiro atoms. The maximum Gasteiger partial charge on any atom is 0.228 e. The fraction of sp³-hybridized carbons (Fsp3) is 0.900. The fourth-order valence-electron chi connectivity index (χ4n) is 1.39. The molecular formula is C10H21N3O2S. The molecule has 0 radical (unpaired) electrons. The Morgan fingerprint density at radius 1 is 1.44 bits per heavy atom. The molecule has 16 heavy (non-hydrogen) atoms. The maximum atomic E-state index is 11.6. The predicted molar refractivity (Wildman–Crippen MR) is 64.0 cm³/mol. The number of rotatable bonds is 7. The molecule has 0 aliphatic carbocycles. The lowest BCUT2D eigenvalue weighted by Gasteiger charge is -2.16. The van der Waals surface area contributed by atoms with Gasteiger partial charge < -0.3 is 5.73 Å². The largest absolute Gasteiger partial charge is 0.327 e. The molecule has 0 rings (SSSR count). The van der Waals surface area contributed by atoms with Gasteiger partial charge >= 0.3 is 0 Å². The molecule has 0 aliphatic rings. The van der Waals surface area contributed by atoms with E-state index in [1.807, 2.05) is 13.8 Å². The zero-order valence-corrected chi connectivity index (χ0v) is 10.9. The highest BCUT2D eigenvalue weighted by molar-refractivity contribution is 7.90. The summed E-state index contributed by atoms with van der Waals surface area (Å²) in [5, 5.41) is 7.68. The third kappa shape index (κ3) is 5.45. The van der Waals surface area contributed by atoms with Gasteiger partial charge in [-0.2, -0.15) is 5.26 Å². The lowest BCUT2D eigenvalue weighted by Crippen LogP contribution is -2.41. The van der Waals surface area contributed by atoms with Crippen LogP contribution in [0.5, 0.6) is 0 Å². The number of nitrogens with one attached hydrogen (secondary N) is 1. The molecular weight excluding hydrogens is 226 g/mol. The molecule has 94 valence electrons. The average molecular weight is 247 g/mol. The highest BCUT2D eigenvalue weighted by Gasteiger charge is 2.23. The molecule has 5 nitrogen and oxygen atoms in total. The van der Waals surface area contributed by atoms with Gasteiger partial charge in [0.15, 0.2) is 5.25 Å². The number of hydrogen-bond acceptors (Lipinski definition) is 4. The SMILES string of the molecule is CCC(C#N)S(=O)(=O)NCC(N)CC(C)C. The Labute approximate surface area is 98.1 Å². The zero-order valence-electron chi connectivity index (χ0n) is 10.1. The van der Waals surface area contributed by atoms with Gasteiger partial charge in [0.1, 0.15) is 0 Å². The van der Waals surface area contributed by atoms with E-state index in [9.17, 15) is 8.42 Å². The number of nitrogens with two attached hydrogens (primary N) is 1. The van der Waals surface area contributed by atoms with E-state index in [4.69, 9.17) is 11.0 Å².